The number of ether oxygens (including phenoxy) is 1. The quantitative estimate of drug-likeness (QED) is 0.879. The average Bonchev–Trinajstić information content (AvgIpc) is 2.83. The van der Waals surface area contributed by atoms with Crippen LogP contribution in [0.3, 0.4) is 0 Å². The van der Waals surface area contributed by atoms with E-state index in [1.54, 1.807) is 12.1 Å². The fourth-order valence-electron chi connectivity index (χ4n) is 2.08. The molecule has 2 rings (SSSR count). The third kappa shape index (κ3) is 5.30. The van der Waals surface area contributed by atoms with Crippen LogP contribution in [0.1, 0.15) is 12.8 Å². The van der Waals surface area contributed by atoms with Gasteiger partial charge in [-0.05, 0) is 49.7 Å². The van der Waals surface area contributed by atoms with Gasteiger partial charge in [0, 0.05) is 12.1 Å². The molecule has 2 N–H and O–H groups in total. The van der Waals surface area contributed by atoms with E-state index in [1.807, 2.05) is 0 Å². The SMILES string of the molecule is Cl.O=C(CC1CCNC1)Nc1ccc(OC(F)F)cc1. The van der Waals surface area contributed by atoms with Crippen molar-refractivity contribution < 1.29 is 18.3 Å². The smallest absolute Gasteiger partial charge is 0.387 e. The first kappa shape index (κ1) is 16.7. The van der Waals surface area contributed by atoms with Gasteiger partial charge in [0.1, 0.15) is 5.75 Å². The van der Waals surface area contributed by atoms with Gasteiger partial charge in [-0.1, -0.05) is 0 Å². The maximum atomic E-state index is 12.0. The summed E-state index contributed by atoms with van der Waals surface area (Å²) in [4.78, 5) is 11.7. The molecule has 112 valence electrons. The Bertz CT molecular complexity index is 423. The van der Waals surface area contributed by atoms with Gasteiger partial charge < -0.3 is 15.4 Å². The van der Waals surface area contributed by atoms with Gasteiger partial charge in [-0.25, -0.2) is 0 Å². The van der Waals surface area contributed by atoms with Gasteiger partial charge in [-0.15, -0.1) is 12.4 Å². The van der Waals surface area contributed by atoms with E-state index in [1.165, 1.54) is 12.1 Å². The molecular weight excluding hydrogens is 290 g/mol. The monoisotopic (exact) mass is 306 g/mol. The molecule has 1 fully saturated rings. The second-order valence-electron chi connectivity index (χ2n) is 4.51. The van der Waals surface area contributed by atoms with E-state index in [0.717, 1.165) is 19.5 Å². The molecule has 4 nitrogen and oxygen atoms in total. The molecule has 0 radical (unpaired) electrons. The van der Waals surface area contributed by atoms with Crippen molar-refractivity contribution in [1.29, 1.82) is 0 Å². The zero-order valence-electron chi connectivity index (χ0n) is 10.8. The Morgan fingerprint density at radius 2 is 2.10 bits per heavy atom. The molecule has 7 heteroatoms. The summed E-state index contributed by atoms with van der Waals surface area (Å²) in [7, 11) is 0. The Labute approximate surface area is 122 Å². The fraction of sp³-hybridized carbons (Fsp3) is 0.462. The topological polar surface area (TPSA) is 50.4 Å². The summed E-state index contributed by atoms with van der Waals surface area (Å²) in [6, 6.07) is 5.89. The molecule has 0 aromatic heterocycles. The lowest BCUT2D eigenvalue weighted by Gasteiger charge is -2.10. The van der Waals surface area contributed by atoms with E-state index < -0.39 is 6.61 Å². The van der Waals surface area contributed by atoms with Crippen LogP contribution in [0.15, 0.2) is 24.3 Å². The maximum absolute atomic E-state index is 12.0. The normalized spacial score (nSPS) is 17.6. The highest BCUT2D eigenvalue weighted by atomic mass is 35.5. The minimum absolute atomic E-state index is 0. The number of hydrogen-bond donors (Lipinski definition) is 2. The van der Waals surface area contributed by atoms with Gasteiger partial charge in [0.2, 0.25) is 5.91 Å². The van der Waals surface area contributed by atoms with Crippen LogP contribution in [0.25, 0.3) is 0 Å². The minimum atomic E-state index is -2.84. The van der Waals surface area contributed by atoms with Crippen molar-refractivity contribution in [2.24, 2.45) is 5.92 Å². The second-order valence-corrected chi connectivity index (χ2v) is 4.51. The summed E-state index contributed by atoms with van der Waals surface area (Å²) in [6.07, 6.45) is 1.48. The van der Waals surface area contributed by atoms with Crippen LogP contribution in [0.5, 0.6) is 5.75 Å². The van der Waals surface area contributed by atoms with Crippen LogP contribution in [0.2, 0.25) is 0 Å². The zero-order chi connectivity index (χ0) is 13.7. The first-order valence-corrected chi connectivity index (χ1v) is 6.19. The predicted octanol–water partition coefficient (Wildman–Crippen LogP) is 2.65. The van der Waals surface area contributed by atoms with Gasteiger partial charge >= 0.3 is 6.61 Å². The number of alkyl halides is 2. The summed E-state index contributed by atoms with van der Waals surface area (Å²) >= 11 is 0. The third-order valence-corrected chi connectivity index (χ3v) is 3.00. The molecule has 20 heavy (non-hydrogen) atoms. The molecule has 1 aromatic rings. The molecule has 1 unspecified atom stereocenters. The number of carbonyl (C=O) groups is 1. The molecule has 1 aliphatic heterocycles. The summed E-state index contributed by atoms with van der Waals surface area (Å²) in [5.41, 5.74) is 0.581. The number of rotatable bonds is 5. The Balaban J connectivity index is 0.00000200. The number of nitrogens with one attached hydrogen (secondary N) is 2. The van der Waals surface area contributed by atoms with Gasteiger partial charge in [-0.3, -0.25) is 4.79 Å². The molecule has 1 aliphatic rings. The number of carbonyl (C=O) groups excluding carboxylic acids is 1. The number of hydrogen-bond acceptors (Lipinski definition) is 3. The van der Waals surface area contributed by atoms with Gasteiger partial charge in [0.25, 0.3) is 0 Å². The Hall–Kier alpha value is -1.40. The molecular formula is C13H17ClF2N2O2. The van der Waals surface area contributed by atoms with Crippen molar-refractivity contribution in [3.8, 4) is 5.75 Å². The van der Waals surface area contributed by atoms with Crippen LogP contribution in [-0.4, -0.2) is 25.6 Å². The van der Waals surface area contributed by atoms with E-state index >= 15 is 0 Å². The Morgan fingerprint density at radius 3 is 2.65 bits per heavy atom. The first-order valence-electron chi connectivity index (χ1n) is 6.19. The lowest BCUT2D eigenvalue weighted by atomic mass is 10.0. The molecule has 1 atom stereocenters. The van der Waals surface area contributed by atoms with Crippen molar-refractivity contribution in [3.63, 3.8) is 0 Å². The lowest BCUT2D eigenvalue weighted by Crippen LogP contribution is -2.18. The summed E-state index contributed by atoms with van der Waals surface area (Å²) in [6.45, 7) is -1.01. The summed E-state index contributed by atoms with van der Waals surface area (Å²) < 4.78 is 28.1. The van der Waals surface area contributed by atoms with E-state index in [4.69, 9.17) is 0 Å². The lowest BCUT2D eigenvalue weighted by molar-refractivity contribution is -0.117. The number of benzene rings is 1. The summed E-state index contributed by atoms with van der Waals surface area (Å²) in [5, 5.41) is 5.94. The highest BCUT2D eigenvalue weighted by molar-refractivity contribution is 5.90. The number of amides is 1. The second kappa shape index (κ2) is 8.01. The molecule has 0 spiro atoms. The Kier molecular flexibility index (Phi) is 6.67. The highest BCUT2D eigenvalue weighted by Crippen LogP contribution is 2.19. The molecule has 1 aromatic carbocycles. The molecule has 1 amide bonds. The molecule has 0 bridgehead atoms. The highest BCUT2D eigenvalue weighted by Gasteiger charge is 2.17. The van der Waals surface area contributed by atoms with E-state index in [9.17, 15) is 13.6 Å². The maximum Gasteiger partial charge on any atom is 0.387 e. The van der Waals surface area contributed by atoms with Gasteiger partial charge in [0.05, 0.1) is 0 Å². The predicted molar refractivity (Wildman–Crippen MR) is 74.5 cm³/mol. The standard InChI is InChI=1S/C13H16F2N2O2.ClH/c14-13(15)19-11-3-1-10(2-4-11)17-12(18)7-9-5-6-16-8-9;/h1-4,9,13,16H,5-8H2,(H,17,18);1H. The van der Waals surface area contributed by atoms with Gasteiger partial charge in [-0.2, -0.15) is 8.78 Å². The van der Waals surface area contributed by atoms with Crippen molar-refractivity contribution in [1.82, 2.24) is 5.32 Å². The number of halogens is 3. The molecule has 0 aliphatic carbocycles. The minimum Gasteiger partial charge on any atom is -0.435 e. The van der Waals surface area contributed by atoms with Crippen LogP contribution < -0.4 is 15.4 Å². The van der Waals surface area contributed by atoms with Crippen LogP contribution >= 0.6 is 12.4 Å². The van der Waals surface area contributed by atoms with Crippen molar-refractivity contribution in [2.45, 2.75) is 19.5 Å². The van der Waals surface area contributed by atoms with E-state index in [2.05, 4.69) is 15.4 Å². The Morgan fingerprint density at radius 1 is 1.40 bits per heavy atom. The van der Waals surface area contributed by atoms with E-state index in [0.29, 0.717) is 18.0 Å². The van der Waals surface area contributed by atoms with Crippen molar-refractivity contribution in [2.75, 3.05) is 18.4 Å². The fourth-order valence-corrected chi connectivity index (χ4v) is 2.08. The van der Waals surface area contributed by atoms with Crippen LogP contribution in [0, 0.1) is 5.92 Å². The molecule has 0 saturated carbocycles. The van der Waals surface area contributed by atoms with Crippen molar-refractivity contribution in [3.05, 3.63) is 24.3 Å². The zero-order valence-corrected chi connectivity index (χ0v) is 11.6. The van der Waals surface area contributed by atoms with Crippen LogP contribution in [0.4, 0.5) is 14.5 Å². The van der Waals surface area contributed by atoms with E-state index in [-0.39, 0.29) is 24.1 Å². The largest absolute Gasteiger partial charge is 0.435 e. The van der Waals surface area contributed by atoms with Crippen molar-refractivity contribution >= 4 is 24.0 Å². The molecule has 1 saturated heterocycles. The average molecular weight is 307 g/mol. The third-order valence-electron chi connectivity index (χ3n) is 3.00. The van der Waals surface area contributed by atoms with Crippen LogP contribution in [-0.2, 0) is 4.79 Å². The molecule has 1 heterocycles. The summed E-state index contributed by atoms with van der Waals surface area (Å²) in [5.74, 6) is 0.394. The first-order chi connectivity index (χ1) is 9.13. The number of anilines is 1. The van der Waals surface area contributed by atoms with Gasteiger partial charge in [0.15, 0.2) is 0 Å².